The van der Waals surface area contributed by atoms with Gasteiger partial charge in [0.15, 0.2) is 0 Å². The van der Waals surface area contributed by atoms with Crippen LogP contribution < -0.4 is 5.32 Å². The summed E-state index contributed by atoms with van der Waals surface area (Å²) >= 11 is 0. The molecule has 1 aliphatic heterocycles. The molecule has 5 atom stereocenters. The first-order valence-corrected chi connectivity index (χ1v) is 10.3. The molecule has 4 rings (SSSR count). The first-order valence-electron chi connectivity index (χ1n) is 10.3. The third kappa shape index (κ3) is 3.85. The topological polar surface area (TPSA) is 32.3 Å². The van der Waals surface area contributed by atoms with Crippen LogP contribution in [0.15, 0.2) is 91.0 Å². The van der Waals surface area contributed by atoms with Crippen molar-refractivity contribution in [1.82, 2.24) is 5.32 Å². The molecule has 1 saturated heterocycles. The summed E-state index contributed by atoms with van der Waals surface area (Å²) in [5.41, 5.74) is 2.15. The van der Waals surface area contributed by atoms with Crippen LogP contribution in [0.4, 0.5) is 0 Å². The first kappa shape index (κ1) is 19.5. The number of piperidine rings is 1. The Balaban J connectivity index is 1.78. The Morgan fingerprint density at radius 3 is 1.55 bits per heavy atom. The number of nitrogens with one attached hydrogen (secondary N) is 1. The molecule has 1 fully saturated rings. The Labute approximate surface area is 173 Å². The van der Waals surface area contributed by atoms with Crippen LogP contribution in [0.25, 0.3) is 0 Å². The van der Waals surface area contributed by atoms with Crippen molar-refractivity contribution in [1.29, 1.82) is 0 Å². The van der Waals surface area contributed by atoms with Gasteiger partial charge in [-0.05, 0) is 23.3 Å². The van der Waals surface area contributed by atoms with E-state index in [9.17, 15) is 5.11 Å². The van der Waals surface area contributed by atoms with Gasteiger partial charge in [-0.3, -0.25) is 0 Å². The summed E-state index contributed by atoms with van der Waals surface area (Å²) in [6.07, 6.45) is 0. The molecule has 0 radical (unpaired) electrons. The summed E-state index contributed by atoms with van der Waals surface area (Å²) in [5.74, 6) is 6.36. The number of hydrogen-bond acceptors (Lipinski definition) is 2. The summed E-state index contributed by atoms with van der Waals surface area (Å²) in [5, 5.41) is 15.7. The largest absolute Gasteiger partial charge is 0.377 e. The van der Waals surface area contributed by atoms with E-state index in [1.165, 1.54) is 11.1 Å². The third-order valence-electron chi connectivity index (χ3n) is 6.25. The van der Waals surface area contributed by atoms with Gasteiger partial charge in [-0.2, -0.15) is 0 Å². The predicted molar refractivity (Wildman–Crippen MR) is 118 cm³/mol. The minimum absolute atomic E-state index is 0.00711. The van der Waals surface area contributed by atoms with Crippen LogP contribution in [0.1, 0.15) is 42.6 Å². The maximum Gasteiger partial charge on any atom is 0.134 e. The number of benzene rings is 3. The molecular weight excluding hydrogens is 354 g/mol. The number of aliphatic hydroxyl groups is 1. The molecule has 0 bridgehead atoms. The second-order valence-electron chi connectivity index (χ2n) is 7.96. The lowest BCUT2D eigenvalue weighted by Crippen LogP contribution is -2.57. The average Bonchev–Trinajstić information content (AvgIpc) is 2.78. The molecule has 1 heterocycles. The monoisotopic (exact) mass is 381 g/mol. The predicted octanol–water partition coefficient (Wildman–Crippen LogP) is 5.13. The Morgan fingerprint density at radius 2 is 1.10 bits per heavy atom. The van der Waals surface area contributed by atoms with Crippen LogP contribution in [0.2, 0.25) is 0 Å². The smallest absolute Gasteiger partial charge is 0.134 e. The van der Waals surface area contributed by atoms with Crippen molar-refractivity contribution in [3.8, 4) is 11.8 Å². The van der Waals surface area contributed by atoms with E-state index in [2.05, 4.69) is 55.3 Å². The fourth-order valence-corrected chi connectivity index (χ4v) is 4.42. The Morgan fingerprint density at radius 1 is 0.690 bits per heavy atom. The van der Waals surface area contributed by atoms with Crippen LogP contribution in [-0.4, -0.2) is 10.7 Å². The molecule has 0 spiro atoms. The first-order chi connectivity index (χ1) is 14.1. The highest BCUT2D eigenvalue weighted by atomic mass is 16.3. The van der Waals surface area contributed by atoms with Crippen molar-refractivity contribution in [2.24, 2.45) is 11.8 Å². The maximum atomic E-state index is 11.9. The highest BCUT2D eigenvalue weighted by Crippen LogP contribution is 2.46. The molecule has 0 saturated carbocycles. The summed E-state index contributed by atoms with van der Waals surface area (Å²) in [6, 6.07) is 30.6. The summed E-state index contributed by atoms with van der Waals surface area (Å²) in [7, 11) is 0. The van der Waals surface area contributed by atoms with E-state index in [1.807, 2.05) is 66.7 Å². The van der Waals surface area contributed by atoms with Gasteiger partial charge in [-0.1, -0.05) is 105 Å². The zero-order valence-electron chi connectivity index (χ0n) is 16.9. The molecule has 2 heteroatoms. The Kier molecular flexibility index (Phi) is 5.53. The van der Waals surface area contributed by atoms with Gasteiger partial charge in [-0.15, -0.1) is 0 Å². The zero-order chi connectivity index (χ0) is 20.3. The van der Waals surface area contributed by atoms with Gasteiger partial charge < -0.3 is 10.4 Å². The van der Waals surface area contributed by atoms with Crippen LogP contribution in [-0.2, 0) is 0 Å². The van der Waals surface area contributed by atoms with Gasteiger partial charge >= 0.3 is 0 Å². The molecule has 0 aromatic heterocycles. The minimum atomic E-state index is -1.12. The highest BCUT2D eigenvalue weighted by Gasteiger charge is 2.50. The van der Waals surface area contributed by atoms with E-state index in [-0.39, 0.29) is 23.9 Å². The normalized spacial score (nSPS) is 28.9. The maximum absolute atomic E-state index is 11.9. The molecule has 2 nitrogen and oxygen atoms in total. The fraction of sp³-hybridized carbons (Fsp3) is 0.259. The second kappa shape index (κ2) is 8.25. The number of rotatable bonds is 2. The second-order valence-corrected chi connectivity index (χ2v) is 7.96. The van der Waals surface area contributed by atoms with Gasteiger partial charge in [0.1, 0.15) is 5.60 Å². The van der Waals surface area contributed by atoms with E-state index in [4.69, 9.17) is 0 Å². The van der Waals surface area contributed by atoms with Crippen molar-refractivity contribution in [3.05, 3.63) is 108 Å². The SMILES string of the molecule is C[C@@H]1[C@@H](c2ccccc2)N[C@@H](c2ccccc2)[C@@H](C)C1(O)C#Cc1ccccc1. The molecule has 3 aromatic carbocycles. The van der Waals surface area contributed by atoms with Crippen molar-refractivity contribution in [2.75, 3.05) is 0 Å². The van der Waals surface area contributed by atoms with Crippen molar-refractivity contribution >= 4 is 0 Å². The van der Waals surface area contributed by atoms with Crippen molar-refractivity contribution in [2.45, 2.75) is 31.5 Å². The number of hydrogen-bond donors (Lipinski definition) is 2. The van der Waals surface area contributed by atoms with Gasteiger partial charge in [0, 0.05) is 29.5 Å². The molecule has 29 heavy (non-hydrogen) atoms. The molecule has 146 valence electrons. The van der Waals surface area contributed by atoms with E-state index >= 15 is 0 Å². The molecule has 1 unspecified atom stereocenters. The molecular formula is C27H27NO. The molecule has 3 aromatic rings. The van der Waals surface area contributed by atoms with E-state index in [0.29, 0.717) is 0 Å². The van der Waals surface area contributed by atoms with E-state index < -0.39 is 5.60 Å². The van der Waals surface area contributed by atoms with Gasteiger partial charge in [0.05, 0.1) is 0 Å². The fourth-order valence-electron chi connectivity index (χ4n) is 4.42. The van der Waals surface area contributed by atoms with Crippen LogP contribution >= 0.6 is 0 Å². The molecule has 1 aliphatic rings. The zero-order valence-corrected chi connectivity index (χ0v) is 16.9. The highest BCUT2D eigenvalue weighted by molar-refractivity contribution is 5.39. The summed E-state index contributed by atoms with van der Waals surface area (Å²) in [4.78, 5) is 0. The average molecular weight is 382 g/mol. The quantitative estimate of drug-likeness (QED) is 0.603. The van der Waals surface area contributed by atoms with Gasteiger partial charge in [-0.25, -0.2) is 0 Å². The van der Waals surface area contributed by atoms with Crippen molar-refractivity contribution in [3.63, 3.8) is 0 Å². The lowest BCUT2D eigenvalue weighted by Gasteiger charge is -2.49. The Bertz CT molecular complexity index is 937. The van der Waals surface area contributed by atoms with Crippen LogP contribution in [0.3, 0.4) is 0 Å². The lowest BCUT2D eigenvalue weighted by molar-refractivity contribution is -0.0646. The third-order valence-corrected chi connectivity index (χ3v) is 6.25. The van der Waals surface area contributed by atoms with Crippen LogP contribution in [0.5, 0.6) is 0 Å². The summed E-state index contributed by atoms with van der Waals surface area (Å²) in [6.45, 7) is 4.20. The van der Waals surface area contributed by atoms with Crippen molar-refractivity contribution < 1.29 is 5.11 Å². The molecule has 0 aliphatic carbocycles. The van der Waals surface area contributed by atoms with E-state index in [1.54, 1.807) is 0 Å². The summed E-state index contributed by atoms with van der Waals surface area (Å²) < 4.78 is 0. The van der Waals surface area contributed by atoms with Crippen LogP contribution in [0, 0.1) is 23.7 Å². The molecule has 2 N–H and O–H groups in total. The Hall–Kier alpha value is -2.86. The van der Waals surface area contributed by atoms with Gasteiger partial charge in [0.2, 0.25) is 0 Å². The lowest BCUT2D eigenvalue weighted by atomic mass is 9.66. The van der Waals surface area contributed by atoms with Gasteiger partial charge in [0.25, 0.3) is 0 Å². The minimum Gasteiger partial charge on any atom is -0.377 e. The van der Waals surface area contributed by atoms with E-state index in [0.717, 1.165) is 5.56 Å². The molecule has 0 amide bonds. The standard InChI is InChI=1S/C27H27NO/c1-20-25(23-14-8-4-9-15-23)28-26(24-16-10-5-11-17-24)21(2)27(20,29)19-18-22-12-6-3-7-13-22/h3-17,20-21,25-26,28-29H,1-2H3/t20-,21-,25-,26+,27?/m1/s1.